The molecule has 0 bridgehead atoms. The number of rotatable bonds is 5. The van der Waals surface area contributed by atoms with Gasteiger partial charge in [0, 0.05) is 11.8 Å². The van der Waals surface area contributed by atoms with Gasteiger partial charge in [0.25, 0.3) is 0 Å². The molecule has 2 N–H and O–H groups in total. The van der Waals surface area contributed by atoms with Crippen LogP contribution in [0.25, 0.3) is 0 Å². The van der Waals surface area contributed by atoms with Crippen LogP contribution in [0.2, 0.25) is 0 Å². The van der Waals surface area contributed by atoms with Crippen LogP contribution in [0.5, 0.6) is 5.88 Å². The lowest BCUT2D eigenvalue weighted by Gasteiger charge is -2.23. The third-order valence-corrected chi connectivity index (χ3v) is 4.77. The maximum absolute atomic E-state index is 10.7. The summed E-state index contributed by atoms with van der Waals surface area (Å²) in [5.41, 5.74) is 1.04. The highest BCUT2D eigenvalue weighted by molar-refractivity contribution is 6.28. The van der Waals surface area contributed by atoms with Crippen LogP contribution in [0.3, 0.4) is 0 Å². The first kappa shape index (κ1) is 21.2. The molecule has 0 spiro atoms. The SMILES string of the molecule is C1CCNCC1.Cc1cc(OCCOC(=O)C(=O)O)nn1C1CCCCC1. The minimum atomic E-state index is -1.60. The van der Waals surface area contributed by atoms with Gasteiger partial charge in [-0.25, -0.2) is 9.59 Å². The molecule has 0 unspecified atom stereocenters. The van der Waals surface area contributed by atoms with Gasteiger partial charge in [-0.3, -0.25) is 4.68 Å². The van der Waals surface area contributed by atoms with E-state index in [1.807, 2.05) is 17.7 Å². The van der Waals surface area contributed by atoms with Crippen molar-refractivity contribution in [1.29, 1.82) is 0 Å². The van der Waals surface area contributed by atoms with Crippen LogP contribution in [-0.2, 0) is 14.3 Å². The van der Waals surface area contributed by atoms with E-state index in [0.29, 0.717) is 11.9 Å². The van der Waals surface area contributed by atoms with E-state index in [-0.39, 0.29) is 13.2 Å². The number of hydrogen-bond acceptors (Lipinski definition) is 6. The van der Waals surface area contributed by atoms with Gasteiger partial charge < -0.3 is 19.9 Å². The standard InChI is InChI=1S/C14H20N2O5.C5H11N/c1-10-9-12(20-7-8-21-14(19)13(17)18)15-16(10)11-5-3-2-4-6-11;1-2-4-6-5-3-1/h9,11H,2-8H2,1H3,(H,17,18);6H,1-5H2. The van der Waals surface area contributed by atoms with Gasteiger partial charge in [0.15, 0.2) is 0 Å². The highest BCUT2D eigenvalue weighted by atomic mass is 16.6. The molecule has 27 heavy (non-hydrogen) atoms. The summed E-state index contributed by atoms with van der Waals surface area (Å²) in [5.74, 6) is -2.40. The highest BCUT2D eigenvalue weighted by Gasteiger charge is 2.19. The van der Waals surface area contributed by atoms with Gasteiger partial charge in [-0.2, -0.15) is 0 Å². The van der Waals surface area contributed by atoms with E-state index in [1.54, 1.807) is 0 Å². The number of piperidine rings is 1. The van der Waals surface area contributed by atoms with Gasteiger partial charge >= 0.3 is 11.9 Å². The third-order valence-electron chi connectivity index (χ3n) is 4.77. The molecule has 1 aliphatic heterocycles. The van der Waals surface area contributed by atoms with Crippen LogP contribution in [0.1, 0.15) is 63.1 Å². The van der Waals surface area contributed by atoms with Crippen molar-refractivity contribution < 1.29 is 24.2 Å². The molecule has 1 saturated carbocycles. The zero-order chi connectivity index (χ0) is 19.5. The second-order valence-corrected chi connectivity index (χ2v) is 6.96. The molecule has 8 nitrogen and oxygen atoms in total. The van der Waals surface area contributed by atoms with Crippen LogP contribution >= 0.6 is 0 Å². The zero-order valence-corrected chi connectivity index (χ0v) is 16.1. The molecule has 152 valence electrons. The molecule has 0 amide bonds. The largest absolute Gasteiger partial charge is 0.473 e. The summed E-state index contributed by atoms with van der Waals surface area (Å²) in [6.07, 6.45) is 10.2. The number of carbonyl (C=O) groups is 2. The number of aryl methyl sites for hydroxylation is 1. The van der Waals surface area contributed by atoms with Crippen molar-refractivity contribution in [3.05, 3.63) is 11.8 Å². The molecule has 2 fully saturated rings. The Morgan fingerprint density at radius 2 is 1.81 bits per heavy atom. The van der Waals surface area contributed by atoms with Gasteiger partial charge in [-0.15, -0.1) is 5.10 Å². The molecule has 1 aliphatic carbocycles. The summed E-state index contributed by atoms with van der Waals surface area (Å²) in [6, 6.07) is 2.27. The Morgan fingerprint density at radius 3 is 2.37 bits per heavy atom. The Labute approximate surface area is 160 Å². The van der Waals surface area contributed by atoms with Crippen molar-refractivity contribution in [3.8, 4) is 5.88 Å². The number of esters is 1. The lowest BCUT2D eigenvalue weighted by atomic mass is 9.95. The topological polar surface area (TPSA) is 103 Å². The number of carboxylic acids is 1. The number of aliphatic carboxylic acids is 1. The quantitative estimate of drug-likeness (QED) is 0.459. The van der Waals surface area contributed by atoms with Crippen molar-refractivity contribution in [2.45, 2.75) is 64.3 Å². The second-order valence-electron chi connectivity index (χ2n) is 6.96. The summed E-state index contributed by atoms with van der Waals surface area (Å²) >= 11 is 0. The molecule has 1 aromatic heterocycles. The second kappa shape index (κ2) is 11.6. The Balaban J connectivity index is 0.000000369. The van der Waals surface area contributed by atoms with Gasteiger partial charge in [-0.1, -0.05) is 25.7 Å². The average Bonchev–Trinajstić information content (AvgIpc) is 3.08. The number of hydrogen-bond donors (Lipinski definition) is 2. The van der Waals surface area contributed by atoms with E-state index in [2.05, 4.69) is 15.2 Å². The van der Waals surface area contributed by atoms with Crippen molar-refractivity contribution in [3.63, 3.8) is 0 Å². The number of carboxylic acid groups (broad SMARTS) is 1. The van der Waals surface area contributed by atoms with E-state index in [1.165, 1.54) is 51.6 Å². The number of nitrogens with zero attached hydrogens (tertiary/aromatic N) is 2. The fourth-order valence-corrected chi connectivity index (χ4v) is 3.37. The number of ether oxygens (including phenoxy) is 2. The number of nitrogens with one attached hydrogen (secondary N) is 1. The third kappa shape index (κ3) is 7.58. The summed E-state index contributed by atoms with van der Waals surface area (Å²) in [4.78, 5) is 21.0. The monoisotopic (exact) mass is 381 g/mol. The van der Waals surface area contributed by atoms with Crippen LogP contribution in [-0.4, -0.2) is 53.1 Å². The van der Waals surface area contributed by atoms with Crippen molar-refractivity contribution in [2.75, 3.05) is 26.3 Å². The number of aromatic nitrogens is 2. The van der Waals surface area contributed by atoms with E-state index >= 15 is 0 Å². The van der Waals surface area contributed by atoms with Gasteiger partial charge in [-0.05, 0) is 45.7 Å². The lowest BCUT2D eigenvalue weighted by molar-refractivity contribution is -0.164. The lowest BCUT2D eigenvalue weighted by Crippen LogP contribution is -2.21. The first-order chi connectivity index (χ1) is 13.1. The molecule has 3 rings (SSSR count). The Bertz CT molecular complexity index is 581. The van der Waals surface area contributed by atoms with Gasteiger partial charge in [0.2, 0.25) is 5.88 Å². The normalized spacial score (nSPS) is 17.5. The molecular weight excluding hydrogens is 350 g/mol. The van der Waals surface area contributed by atoms with Crippen LogP contribution in [0.15, 0.2) is 6.07 Å². The van der Waals surface area contributed by atoms with E-state index in [4.69, 9.17) is 9.84 Å². The molecule has 1 saturated heterocycles. The minimum Gasteiger partial charge on any atom is -0.473 e. The summed E-state index contributed by atoms with van der Waals surface area (Å²) in [7, 11) is 0. The Hall–Kier alpha value is -2.09. The summed E-state index contributed by atoms with van der Waals surface area (Å²) < 4.78 is 11.9. The maximum Gasteiger partial charge on any atom is 0.417 e. The van der Waals surface area contributed by atoms with E-state index < -0.39 is 11.9 Å². The van der Waals surface area contributed by atoms with E-state index in [0.717, 1.165) is 18.5 Å². The summed E-state index contributed by atoms with van der Waals surface area (Å²) in [5, 5.41) is 16.1. The van der Waals surface area contributed by atoms with Crippen molar-refractivity contribution in [2.24, 2.45) is 0 Å². The van der Waals surface area contributed by atoms with Crippen LogP contribution in [0, 0.1) is 6.92 Å². The molecule has 1 aromatic rings. The average molecular weight is 381 g/mol. The predicted molar refractivity (Wildman–Crippen MR) is 99.9 cm³/mol. The van der Waals surface area contributed by atoms with E-state index in [9.17, 15) is 9.59 Å². The first-order valence-electron chi connectivity index (χ1n) is 9.87. The van der Waals surface area contributed by atoms with Gasteiger partial charge in [0.1, 0.15) is 13.2 Å². The van der Waals surface area contributed by atoms with Crippen molar-refractivity contribution >= 4 is 11.9 Å². The molecule has 2 heterocycles. The number of carbonyl (C=O) groups excluding carboxylic acids is 1. The smallest absolute Gasteiger partial charge is 0.417 e. The minimum absolute atomic E-state index is 0.0835. The molecule has 2 aliphatic rings. The van der Waals surface area contributed by atoms with Crippen molar-refractivity contribution in [1.82, 2.24) is 15.1 Å². The molecular formula is C19H31N3O5. The zero-order valence-electron chi connectivity index (χ0n) is 16.1. The maximum atomic E-state index is 10.7. The fraction of sp³-hybridized carbons (Fsp3) is 0.737. The van der Waals surface area contributed by atoms with Gasteiger partial charge in [0.05, 0.1) is 6.04 Å². The highest BCUT2D eigenvalue weighted by Crippen LogP contribution is 2.29. The van der Waals surface area contributed by atoms with Crippen LogP contribution in [0.4, 0.5) is 0 Å². The summed E-state index contributed by atoms with van der Waals surface area (Å²) in [6.45, 7) is 4.46. The fourth-order valence-electron chi connectivity index (χ4n) is 3.37. The van der Waals surface area contributed by atoms with Crippen LogP contribution < -0.4 is 10.1 Å². The Morgan fingerprint density at radius 1 is 1.15 bits per heavy atom. The molecule has 0 atom stereocenters. The predicted octanol–water partition coefficient (Wildman–Crippen LogP) is 2.46. The molecule has 0 aromatic carbocycles. The molecule has 0 radical (unpaired) electrons. The Kier molecular flexibility index (Phi) is 9.10. The first-order valence-corrected chi connectivity index (χ1v) is 9.87. The molecule has 8 heteroatoms.